The van der Waals surface area contributed by atoms with E-state index >= 15 is 0 Å². The molecular weight excluding hydrogens is 247 g/mol. The van der Waals surface area contributed by atoms with Crippen LogP contribution in [0.25, 0.3) is 0 Å². The van der Waals surface area contributed by atoms with Crippen LogP contribution in [-0.2, 0) is 0 Å². The number of nitrogens with one attached hydrogen (secondary N) is 1. The van der Waals surface area contributed by atoms with Crippen LogP contribution in [0.1, 0.15) is 13.3 Å². The van der Waals surface area contributed by atoms with Crippen molar-refractivity contribution in [3.63, 3.8) is 0 Å². The molecule has 0 atom stereocenters. The van der Waals surface area contributed by atoms with Crippen molar-refractivity contribution in [2.45, 2.75) is 19.7 Å². The summed E-state index contributed by atoms with van der Waals surface area (Å²) < 4.78 is 44.8. The van der Waals surface area contributed by atoms with Crippen molar-refractivity contribution in [1.82, 2.24) is 5.32 Å². The lowest BCUT2D eigenvalue weighted by molar-refractivity contribution is -0.274. The molecule has 3 nitrogen and oxygen atoms in total. The largest absolute Gasteiger partial charge is 0.573 e. The van der Waals surface area contributed by atoms with Crippen molar-refractivity contribution in [1.29, 1.82) is 0 Å². The summed E-state index contributed by atoms with van der Waals surface area (Å²) in [4.78, 5) is 0. The maximum Gasteiger partial charge on any atom is 0.573 e. The Hall–Kier alpha value is -1.43. The molecule has 0 spiro atoms. The Morgan fingerprint density at radius 1 is 1.11 bits per heavy atom. The summed E-state index contributed by atoms with van der Waals surface area (Å²) in [5.74, 6) is 0.281. The Kier molecular flexibility index (Phi) is 5.77. The fraction of sp³-hybridized carbons (Fsp3) is 0.500. The highest BCUT2D eigenvalue weighted by Crippen LogP contribution is 2.24. The fourth-order valence-electron chi connectivity index (χ4n) is 1.30. The number of benzene rings is 1. The number of ether oxygens (including phenoxy) is 2. The van der Waals surface area contributed by atoms with E-state index in [-0.39, 0.29) is 5.75 Å². The molecule has 0 bridgehead atoms. The summed E-state index contributed by atoms with van der Waals surface area (Å²) in [7, 11) is 0. The number of hydrogen-bond acceptors (Lipinski definition) is 3. The van der Waals surface area contributed by atoms with Crippen molar-refractivity contribution in [3.05, 3.63) is 24.3 Å². The topological polar surface area (TPSA) is 30.5 Å². The van der Waals surface area contributed by atoms with E-state index < -0.39 is 6.36 Å². The molecule has 0 heterocycles. The van der Waals surface area contributed by atoms with Crippen LogP contribution in [0, 0.1) is 0 Å². The molecule has 0 amide bonds. The Morgan fingerprint density at radius 3 is 2.28 bits per heavy atom. The molecular formula is C12H16F3NO2. The molecule has 6 heteroatoms. The highest BCUT2D eigenvalue weighted by atomic mass is 19.4. The van der Waals surface area contributed by atoms with Gasteiger partial charge in [-0.25, -0.2) is 0 Å². The monoisotopic (exact) mass is 263 g/mol. The van der Waals surface area contributed by atoms with Crippen LogP contribution in [-0.4, -0.2) is 26.1 Å². The average molecular weight is 263 g/mol. The van der Waals surface area contributed by atoms with Gasteiger partial charge in [0.25, 0.3) is 0 Å². The predicted octanol–water partition coefficient (Wildman–Crippen LogP) is 2.96. The molecule has 0 aliphatic rings. The maximum absolute atomic E-state index is 11.9. The van der Waals surface area contributed by atoms with Gasteiger partial charge in [0.15, 0.2) is 0 Å². The van der Waals surface area contributed by atoms with Crippen LogP contribution in [0.15, 0.2) is 24.3 Å². The SMILES string of the molecule is CCNCCCOc1ccc(OC(F)(F)F)cc1. The summed E-state index contributed by atoms with van der Waals surface area (Å²) in [6.45, 7) is 4.29. The third-order valence-electron chi connectivity index (χ3n) is 2.07. The minimum absolute atomic E-state index is 0.248. The molecule has 1 aromatic carbocycles. The van der Waals surface area contributed by atoms with Gasteiger partial charge in [-0.1, -0.05) is 6.92 Å². The second kappa shape index (κ2) is 7.10. The molecule has 0 saturated heterocycles. The van der Waals surface area contributed by atoms with Gasteiger partial charge in [-0.2, -0.15) is 0 Å². The summed E-state index contributed by atoms with van der Waals surface area (Å²) in [6.07, 6.45) is -3.82. The van der Waals surface area contributed by atoms with Gasteiger partial charge in [0.1, 0.15) is 11.5 Å². The lowest BCUT2D eigenvalue weighted by atomic mass is 10.3. The van der Waals surface area contributed by atoms with Gasteiger partial charge < -0.3 is 14.8 Å². The standard InChI is InChI=1S/C12H16F3NO2/c1-2-16-8-3-9-17-10-4-6-11(7-5-10)18-12(13,14)15/h4-7,16H,2-3,8-9H2,1H3. The van der Waals surface area contributed by atoms with Crippen LogP contribution in [0.4, 0.5) is 13.2 Å². The second-order valence-corrected chi connectivity index (χ2v) is 3.57. The predicted molar refractivity (Wildman–Crippen MR) is 61.8 cm³/mol. The zero-order chi connectivity index (χ0) is 13.4. The highest BCUT2D eigenvalue weighted by Gasteiger charge is 2.30. The molecule has 0 aliphatic heterocycles. The first-order valence-corrected chi connectivity index (χ1v) is 5.70. The third kappa shape index (κ3) is 6.34. The summed E-state index contributed by atoms with van der Waals surface area (Å²) in [6, 6.07) is 5.36. The van der Waals surface area contributed by atoms with E-state index in [0.29, 0.717) is 12.4 Å². The van der Waals surface area contributed by atoms with Crippen LogP contribution in [0.3, 0.4) is 0 Å². The second-order valence-electron chi connectivity index (χ2n) is 3.57. The Labute approximate surface area is 104 Å². The molecule has 1 aromatic rings. The summed E-state index contributed by atoms with van der Waals surface area (Å²) >= 11 is 0. The van der Waals surface area contributed by atoms with Crippen molar-refractivity contribution in [2.24, 2.45) is 0 Å². The van der Waals surface area contributed by atoms with Crippen molar-refractivity contribution in [2.75, 3.05) is 19.7 Å². The smallest absolute Gasteiger partial charge is 0.494 e. The molecule has 0 aromatic heterocycles. The molecule has 0 radical (unpaired) electrons. The molecule has 0 fully saturated rings. The van der Waals surface area contributed by atoms with E-state index in [1.165, 1.54) is 24.3 Å². The van der Waals surface area contributed by atoms with Gasteiger partial charge >= 0.3 is 6.36 Å². The van der Waals surface area contributed by atoms with Gasteiger partial charge in [0.05, 0.1) is 6.61 Å². The van der Waals surface area contributed by atoms with Crippen LogP contribution >= 0.6 is 0 Å². The van der Waals surface area contributed by atoms with Crippen molar-refractivity contribution < 1.29 is 22.6 Å². The van der Waals surface area contributed by atoms with Crippen molar-refractivity contribution in [3.8, 4) is 11.5 Å². The van der Waals surface area contributed by atoms with E-state index in [0.717, 1.165) is 19.5 Å². The molecule has 1 N–H and O–H groups in total. The Bertz CT molecular complexity index is 338. The van der Waals surface area contributed by atoms with Crippen LogP contribution in [0.5, 0.6) is 11.5 Å². The van der Waals surface area contributed by atoms with Gasteiger partial charge in [-0.15, -0.1) is 13.2 Å². The third-order valence-corrected chi connectivity index (χ3v) is 2.07. The zero-order valence-electron chi connectivity index (χ0n) is 10.1. The highest BCUT2D eigenvalue weighted by molar-refractivity contribution is 5.31. The van der Waals surface area contributed by atoms with Crippen LogP contribution < -0.4 is 14.8 Å². The minimum atomic E-state index is -4.66. The van der Waals surface area contributed by atoms with E-state index in [1.807, 2.05) is 6.92 Å². The molecule has 1 rings (SSSR count). The quantitative estimate of drug-likeness (QED) is 0.767. The Balaban J connectivity index is 2.32. The summed E-state index contributed by atoms with van der Waals surface area (Å²) in [5.41, 5.74) is 0. The van der Waals surface area contributed by atoms with Gasteiger partial charge in [0, 0.05) is 0 Å². The molecule has 0 saturated carbocycles. The first-order chi connectivity index (χ1) is 8.51. The number of hydrogen-bond donors (Lipinski definition) is 1. The maximum atomic E-state index is 11.9. The van der Waals surface area contributed by atoms with E-state index in [1.54, 1.807) is 0 Å². The first-order valence-electron chi connectivity index (χ1n) is 5.70. The van der Waals surface area contributed by atoms with Crippen LogP contribution in [0.2, 0.25) is 0 Å². The number of halogens is 3. The normalized spacial score (nSPS) is 11.3. The number of alkyl halides is 3. The minimum Gasteiger partial charge on any atom is -0.494 e. The molecule has 102 valence electrons. The van der Waals surface area contributed by atoms with Gasteiger partial charge in [-0.3, -0.25) is 0 Å². The molecule has 18 heavy (non-hydrogen) atoms. The van der Waals surface area contributed by atoms with E-state index in [4.69, 9.17) is 4.74 Å². The van der Waals surface area contributed by atoms with E-state index in [2.05, 4.69) is 10.1 Å². The van der Waals surface area contributed by atoms with Gasteiger partial charge in [-0.05, 0) is 43.8 Å². The summed E-state index contributed by atoms with van der Waals surface area (Å²) in [5, 5.41) is 3.14. The van der Waals surface area contributed by atoms with Gasteiger partial charge in [0.2, 0.25) is 0 Å². The molecule has 0 aliphatic carbocycles. The van der Waals surface area contributed by atoms with Crippen molar-refractivity contribution >= 4 is 0 Å². The fourth-order valence-corrected chi connectivity index (χ4v) is 1.30. The average Bonchev–Trinajstić information content (AvgIpc) is 2.29. The lowest BCUT2D eigenvalue weighted by Crippen LogP contribution is -2.17. The lowest BCUT2D eigenvalue weighted by Gasteiger charge is -2.10. The Morgan fingerprint density at radius 2 is 1.72 bits per heavy atom. The zero-order valence-corrected chi connectivity index (χ0v) is 10.1. The molecule has 0 unspecified atom stereocenters. The first kappa shape index (κ1) is 14.6. The number of rotatable bonds is 7. The van der Waals surface area contributed by atoms with E-state index in [9.17, 15) is 13.2 Å².